The molecule has 1 aliphatic rings. The molecule has 1 N–H and O–H groups in total. The number of nitrogens with one attached hydrogen (secondary N) is 1. The van der Waals surface area contributed by atoms with E-state index >= 15 is 0 Å². The largest absolute Gasteiger partial charge is 0.497 e. The molecule has 1 heterocycles. The summed E-state index contributed by atoms with van der Waals surface area (Å²) in [5.74, 6) is 1.58. The molecule has 8 heteroatoms. The van der Waals surface area contributed by atoms with Crippen LogP contribution >= 0.6 is 23.4 Å². The summed E-state index contributed by atoms with van der Waals surface area (Å²) in [4.78, 5) is 17.3. The van der Waals surface area contributed by atoms with Gasteiger partial charge in [0.25, 0.3) is 5.91 Å². The highest BCUT2D eigenvalue weighted by atomic mass is 35.5. The monoisotopic (exact) mass is 432 g/mol. The van der Waals surface area contributed by atoms with Gasteiger partial charge in [0, 0.05) is 0 Å². The van der Waals surface area contributed by atoms with Gasteiger partial charge in [0.15, 0.2) is 16.7 Å². The number of rotatable bonds is 7. The normalized spacial score (nSPS) is 16.2. The van der Waals surface area contributed by atoms with Crippen molar-refractivity contribution in [1.82, 2.24) is 5.32 Å². The third-order valence-corrected chi connectivity index (χ3v) is 5.06. The first-order valence-electron chi connectivity index (χ1n) is 9.06. The van der Waals surface area contributed by atoms with Crippen molar-refractivity contribution in [3.63, 3.8) is 0 Å². The van der Waals surface area contributed by atoms with Gasteiger partial charge in [0.05, 0.1) is 35.9 Å². The number of methoxy groups -OCH3 is 1. The number of amidine groups is 1. The van der Waals surface area contributed by atoms with Crippen molar-refractivity contribution in [2.24, 2.45) is 4.99 Å². The molecule has 1 fully saturated rings. The van der Waals surface area contributed by atoms with Crippen LogP contribution in [-0.4, -0.2) is 31.4 Å². The van der Waals surface area contributed by atoms with Crippen molar-refractivity contribution in [2.45, 2.75) is 13.8 Å². The number of thioether (sulfide) groups is 1. The van der Waals surface area contributed by atoms with E-state index in [-0.39, 0.29) is 5.91 Å². The second kappa shape index (κ2) is 9.71. The molecule has 2 aromatic carbocycles. The van der Waals surface area contributed by atoms with Gasteiger partial charge >= 0.3 is 0 Å². The molecular weight excluding hydrogens is 412 g/mol. The van der Waals surface area contributed by atoms with Gasteiger partial charge in [-0.1, -0.05) is 11.6 Å². The van der Waals surface area contributed by atoms with Crippen LogP contribution in [0, 0.1) is 0 Å². The summed E-state index contributed by atoms with van der Waals surface area (Å²) in [7, 11) is 1.61. The fourth-order valence-electron chi connectivity index (χ4n) is 2.62. The molecule has 0 saturated carbocycles. The molecule has 6 nitrogen and oxygen atoms in total. The van der Waals surface area contributed by atoms with Gasteiger partial charge in [0.1, 0.15) is 5.75 Å². The molecule has 0 bridgehead atoms. The molecule has 0 aromatic heterocycles. The lowest BCUT2D eigenvalue weighted by Crippen LogP contribution is -2.19. The lowest BCUT2D eigenvalue weighted by atomic mass is 10.2. The average Bonchev–Trinajstić information content (AvgIpc) is 3.04. The number of carbonyl (C=O) groups is 1. The number of aliphatic imine (C=N–C) groups is 1. The van der Waals surface area contributed by atoms with E-state index in [1.807, 2.05) is 38.1 Å². The van der Waals surface area contributed by atoms with Crippen LogP contribution in [0.1, 0.15) is 19.4 Å². The number of halogens is 1. The summed E-state index contributed by atoms with van der Waals surface area (Å²) in [6.45, 7) is 4.72. The molecule has 1 aliphatic heterocycles. The van der Waals surface area contributed by atoms with E-state index in [2.05, 4.69) is 10.3 Å². The summed E-state index contributed by atoms with van der Waals surface area (Å²) in [6.07, 6.45) is 1.75. The number of amides is 1. The molecular formula is C21H21ClN2O4S. The number of ether oxygens (including phenoxy) is 3. The first kappa shape index (κ1) is 21.1. The van der Waals surface area contributed by atoms with Crippen LogP contribution in [0.3, 0.4) is 0 Å². The first-order valence-corrected chi connectivity index (χ1v) is 10.3. The van der Waals surface area contributed by atoms with Crippen molar-refractivity contribution < 1.29 is 19.0 Å². The Labute approximate surface area is 178 Å². The van der Waals surface area contributed by atoms with Crippen LogP contribution in [-0.2, 0) is 4.79 Å². The van der Waals surface area contributed by atoms with Crippen molar-refractivity contribution in [3.05, 3.63) is 51.9 Å². The Balaban J connectivity index is 1.84. The number of carbonyl (C=O) groups excluding carboxylic acids is 1. The molecule has 0 aliphatic carbocycles. The molecule has 3 rings (SSSR count). The highest BCUT2D eigenvalue weighted by Crippen LogP contribution is 2.38. The highest BCUT2D eigenvalue weighted by Gasteiger charge is 2.24. The summed E-state index contributed by atoms with van der Waals surface area (Å²) in [5.41, 5.74) is 1.46. The topological polar surface area (TPSA) is 69.2 Å². The quantitative estimate of drug-likeness (QED) is 0.621. The Bertz CT molecular complexity index is 958. The predicted molar refractivity (Wildman–Crippen MR) is 118 cm³/mol. The van der Waals surface area contributed by atoms with Gasteiger partial charge < -0.3 is 19.5 Å². The van der Waals surface area contributed by atoms with Gasteiger partial charge in [-0.25, -0.2) is 4.99 Å². The molecule has 1 saturated heterocycles. The molecule has 2 aromatic rings. The second-order valence-corrected chi connectivity index (χ2v) is 7.31. The molecule has 29 heavy (non-hydrogen) atoms. The zero-order valence-corrected chi connectivity index (χ0v) is 17.9. The molecule has 0 atom stereocenters. The Morgan fingerprint density at radius 1 is 1.14 bits per heavy atom. The Hall–Kier alpha value is -2.64. The number of hydrogen-bond donors (Lipinski definition) is 1. The maximum Gasteiger partial charge on any atom is 0.264 e. The van der Waals surface area contributed by atoms with Crippen LogP contribution in [0.4, 0.5) is 5.69 Å². The van der Waals surface area contributed by atoms with Gasteiger partial charge in [-0.2, -0.15) is 0 Å². The summed E-state index contributed by atoms with van der Waals surface area (Å²) >= 11 is 7.62. The second-order valence-electron chi connectivity index (χ2n) is 5.88. The van der Waals surface area contributed by atoms with Crippen LogP contribution in [0.15, 0.2) is 46.3 Å². The number of hydrogen-bond acceptors (Lipinski definition) is 6. The van der Waals surface area contributed by atoms with Crippen molar-refractivity contribution in [1.29, 1.82) is 0 Å². The van der Waals surface area contributed by atoms with Crippen LogP contribution in [0.25, 0.3) is 6.08 Å². The smallest absolute Gasteiger partial charge is 0.264 e. The third-order valence-electron chi connectivity index (χ3n) is 3.87. The summed E-state index contributed by atoms with van der Waals surface area (Å²) < 4.78 is 16.4. The lowest BCUT2D eigenvalue weighted by molar-refractivity contribution is -0.115. The van der Waals surface area contributed by atoms with Crippen LogP contribution in [0.5, 0.6) is 17.2 Å². The van der Waals surface area contributed by atoms with Crippen LogP contribution < -0.4 is 19.5 Å². The first-order chi connectivity index (χ1) is 14.0. The van der Waals surface area contributed by atoms with Crippen molar-refractivity contribution in [2.75, 3.05) is 20.3 Å². The van der Waals surface area contributed by atoms with Gasteiger partial charge in [-0.3, -0.25) is 4.79 Å². The molecule has 0 radical (unpaired) electrons. The molecule has 1 amide bonds. The third kappa shape index (κ3) is 5.25. The summed E-state index contributed by atoms with van der Waals surface area (Å²) in [5, 5.41) is 3.71. The van der Waals surface area contributed by atoms with E-state index in [1.165, 1.54) is 11.8 Å². The van der Waals surface area contributed by atoms with Gasteiger partial charge in [-0.15, -0.1) is 0 Å². The maximum absolute atomic E-state index is 12.4. The molecule has 152 valence electrons. The summed E-state index contributed by atoms with van der Waals surface area (Å²) in [6, 6.07) is 10.8. The zero-order valence-electron chi connectivity index (χ0n) is 16.3. The minimum absolute atomic E-state index is 0.217. The van der Waals surface area contributed by atoms with Crippen LogP contribution in [0.2, 0.25) is 5.02 Å². The van der Waals surface area contributed by atoms with E-state index in [4.69, 9.17) is 25.8 Å². The van der Waals surface area contributed by atoms with Crippen molar-refractivity contribution >= 4 is 46.2 Å². The number of benzene rings is 2. The van der Waals surface area contributed by atoms with E-state index in [9.17, 15) is 4.79 Å². The fourth-order valence-corrected chi connectivity index (χ4v) is 3.74. The van der Waals surface area contributed by atoms with E-state index in [0.29, 0.717) is 39.8 Å². The highest BCUT2D eigenvalue weighted by molar-refractivity contribution is 8.18. The van der Waals surface area contributed by atoms with E-state index in [1.54, 1.807) is 25.3 Å². The average molecular weight is 433 g/mol. The minimum Gasteiger partial charge on any atom is -0.497 e. The van der Waals surface area contributed by atoms with Gasteiger partial charge in [0.2, 0.25) is 0 Å². The minimum atomic E-state index is -0.217. The predicted octanol–water partition coefficient (Wildman–Crippen LogP) is 5.04. The number of nitrogens with zero attached hydrogens (tertiary/aromatic N) is 1. The van der Waals surface area contributed by atoms with E-state index in [0.717, 1.165) is 17.0 Å². The Kier molecular flexibility index (Phi) is 7.06. The van der Waals surface area contributed by atoms with Gasteiger partial charge in [-0.05, 0) is 73.6 Å². The van der Waals surface area contributed by atoms with E-state index < -0.39 is 0 Å². The van der Waals surface area contributed by atoms with Crippen molar-refractivity contribution in [3.8, 4) is 17.2 Å². The lowest BCUT2D eigenvalue weighted by Gasteiger charge is -2.13. The standard InChI is InChI=1S/C21H21ClN2O4S/c1-4-27-17-11-13(10-16(22)19(17)28-5-2)12-18-20(25)24-21(29-18)23-14-6-8-15(26-3)9-7-14/h6-12H,4-5H2,1-3H3,(H,23,24,25)/b18-12+. The SMILES string of the molecule is CCOc1cc(/C=C2/SC(=Nc3ccc(OC)cc3)NC2=O)cc(Cl)c1OCC. The molecule has 0 spiro atoms. The zero-order chi connectivity index (χ0) is 20.8. The maximum atomic E-state index is 12.4. The Morgan fingerprint density at radius 2 is 1.86 bits per heavy atom. The fraction of sp³-hybridized carbons (Fsp3) is 0.238. The Morgan fingerprint density at radius 3 is 2.52 bits per heavy atom. The molecule has 0 unspecified atom stereocenters.